The number of nitrogens with zero attached hydrogens (tertiary/aromatic N) is 2. The van der Waals surface area contributed by atoms with E-state index in [9.17, 15) is 0 Å². The maximum Gasteiger partial charge on any atom is 0.248 e. The number of aromatic nitrogens is 2. The van der Waals surface area contributed by atoms with Gasteiger partial charge >= 0.3 is 0 Å². The molecule has 6 heteroatoms. The third-order valence-corrected chi connectivity index (χ3v) is 3.67. The second-order valence-corrected chi connectivity index (χ2v) is 6.13. The lowest BCUT2D eigenvalue weighted by molar-refractivity contribution is 0.484. The van der Waals surface area contributed by atoms with E-state index in [0.717, 1.165) is 29.4 Å². The summed E-state index contributed by atoms with van der Waals surface area (Å²) in [6, 6.07) is 5.98. The first-order valence-electron chi connectivity index (χ1n) is 6.57. The van der Waals surface area contributed by atoms with Crippen molar-refractivity contribution < 1.29 is 4.42 Å². The van der Waals surface area contributed by atoms with Crippen molar-refractivity contribution in [3.05, 3.63) is 33.6 Å². The summed E-state index contributed by atoms with van der Waals surface area (Å²) in [5, 5.41) is 12.1. The fourth-order valence-electron chi connectivity index (χ4n) is 1.76. The summed E-state index contributed by atoms with van der Waals surface area (Å²) in [5.41, 5.74) is 0.816. The Kier molecular flexibility index (Phi) is 5.57. The highest BCUT2D eigenvalue weighted by molar-refractivity contribution is 9.10. The molecule has 1 N–H and O–H groups in total. The van der Waals surface area contributed by atoms with Gasteiger partial charge in [-0.1, -0.05) is 25.4 Å². The predicted octanol–water partition coefficient (Wildman–Crippen LogP) is 4.08. The van der Waals surface area contributed by atoms with Gasteiger partial charge in [0.25, 0.3) is 0 Å². The highest BCUT2D eigenvalue weighted by atomic mass is 79.9. The summed E-state index contributed by atoms with van der Waals surface area (Å²) in [6.45, 7) is 5.19. The maximum atomic E-state index is 5.99. The SMILES string of the molecule is CC(C)NCCCc1nnc(-c2cc(Cl)ccc2Br)o1. The third kappa shape index (κ3) is 4.30. The first-order valence-corrected chi connectivity index (χ1v) is 7.74. The summed E-state index contributed by atoms with van der Waals surface area (Å²) in [6.07, 6.45) is 1.74. The molecule has 1 aromatic heterocycles. The van der Waals surface area contributed by atoms with E-state index in [4.69, 9.17) is 16.0 Å². The van der Waals surface area contributed by atoms with Crippen LogP contribution in [0.15, 0.2) is 27.1 Å². The van der Waals surface area contributed by atoms with E-state index < -0.39 is 0 Å². The Morgan fingerprint density at radius 1 is 1.35 bits per heavy atom. The molecule has 0 aliphatic carbocycles. The molecule has 2 aromatic rings. The molecule has 2 rings (SSSR count). The molecule has 0 spiro atoms. The number of halogens is 2. The standard InChI is InChI=1S/C14H17BrClN3O/c1-9(2)17-7-3-4-13-18-19-14(20-13)11-8-10(16)5-6-12(11)15/h5-6,8-9,17H,3-4,7H2,1-2H3. The molecule has 0 unspecified atom stereocenters. The van der Waals surface area contributed by atoms with Gasteiger partial charge in [-0.25, -0.2) is 0 Å². The van der Waals surface area contributed by atoms with Crippen molar-refractivity contribution in [3.63, 3.8) is 0 Å². The van der Waals surface area contributed by atoms with Crippen LogP contribution < -0.4 is 5.32 Å². The molecule has 0 fully saturated rings. The van der Waals surface area contributed by atoms with Gasteiger partial charge in [-0.05, 0) is 47.1 Å². The summed E-state index contributed by atoms with van der Waals surface area (Å²) in [4.78, 5) is 0. The Balaban J connectivity index is 2.00. The highest BCUT2D eigenvalue weighted by Crippen LogP contribution is 2.29. The average molecular weight is 359 g/mol. The minimum absolute atomic E-state index is 0.492. The second-order valence-electron chi connectivity index (χ2n) is 4.84. The lowest BCUT2D eigenvalue weighted by Crippen LogP contribution is -2.23. The lowest BCUT2D eigenvalue weighted by atomic mass is 10.2. The number of hydrogen-bond acceptors (Lipinski definition) is 4. The van der Waals surface area contributed by atoms with Gasteiger partial charge < -0.3 is 9.73 Å². The first-order chi connectivity index (χ1) is 9.56. The smallest absolute Gasteiger partial charge is 0.248 e. The number of rotatable bonds is 6. The van der Waals surface area contributed by atoms with Gasteiger partial charge in [-0.3, -0.25) is 0 Å². The molecule has 0 aliphatic rings. The molecule has 108 valence electrons. The Labute approximate surface area is 132 Å². The van der Waals surface area contributed by atoms with Crippen molar-refractivity contribution in [2.45, 2.75) is 32.7 Å². The molecule has 0 saturated heterocycles. The van der Waals surface area contributed by atoms with E-state index in [1.54, 1.807) is 0 Å². The van der Waals surface area contributed by atoms with Crippen LogP contribution in [0.5, 0.6) is 0 Å². The molecule has 1 aromatic carbocycles. The van der Waals surface area contributed by atoms with Crippen molar-refractivity contribution in [2.75, 3.05) is 6.54 Å². The number of hydrogen-bond donors (Lipinski definition) is 1. The summed E-state index contributed by atoms with van der Waals surface area (Å²) < 4.78 is 6.56. The number of aryl methyl sites for hydroxylation is 1. The summed E-state index contributed by atoms with van der Waals surface area (Å²) in [5.74, 6) is 1.14. The normalized spacial score (nSPS) is 11.2. The molecule has 0 amide bonds. The molecule has 1 heterocycles. The minimum atomic E-state index is 0.492. The summed E-state index contributed by atoms with van der Waals surface area (Å²) >= 11 is 9.45. The zero-order valence-corrected chi connectivity index (χ0v) is 13.8. The molecular weight excluding hydrogens is 342 g/mol. The Bertz CT molecular complexity index is 571. The number of nitrogens with one attached hydrogen (secondary N) is 1. The van der Waals surface area contributed by atoms with Crippen molar-refractivity contribution in [2.24, 2.45) is 0 Å². The molecule has 4 nitrogen and oxygen atoms in total. The van der Waals surface area contributed by atoms with E-state index in [2.05, 4.69) is 45.3 Å². The quantitative estimate of drug-likeness (QED) is 0.790. The highest BCUT2D eigenvalue weighted by Gasteiger charge is 2.12. The van der Waals surface area contributed by atoms with Crippen LogP contribution in [-0.4, -0.2) is 22.8 Å². The maximum absolute atomic E-state index is 5.99. The van der Waals surface area contributed by atoms with E-state index in [1.807, 2.05) is 18.2 Å². The van der Waals surface area contributed by atoms with Crippen molar-refractivity contribution in [3.8, 4) is 11.5 Å². The van der Waals surface area contributed by atoms with Crippen LogP contribution in [0.4, 0.5) is 0 Å². The van der Waals surface area contributed by atoms with E-state index in [-0.39, 0.29) is 0 Å². The summed E-state index contributed by atoms with van der Waals surface area (Å²) in [7, 11) is 0. The van der Waals surface area contributed by atoms with Crippen LogP contribution in [0.3, 0.4) is 0 Å². The van der Waals surface area contributed by atoms with Crippen LogP contribution in [0.2, 0.25) is 5.02 Å². The van der Waals surface area contributed by atoms with Crippen molar-refractivity contribution >= 4 is 27.5 Å². The fourth-order valence-corrected chi connectivity index (χ4v) is 2.34. The van der Waals surface area contributed by atoms with Gasteiger partial charge in [0.2, 0.25) is 11.8 Å². The van der Waals surface area contributed by atoms with E-state index >= 15 is 0 Å². The monoisotopic (exact) mass is 357 g/mol. The molecule has 0 bridgehead atoms. The predicted molar refractivity (Wildman–Crippen MR) is 83.9 cm³/mol. The lowest BCUT2D eigenvalue weighted by Gasteiger charge is -2.05. The second kappa shape index (κ2) is 7.20. The third-order valence-electron chi connectivity index (χ3n) is 2.75. The van der Waals surface area contributed by atoms with E-state index in [0.29, 0.717) is 22.8 Å². The van der Waals surface area contributed by atoms with Crippen LogP contribution >= 0.6 is 27.5 Å². The van der Waals surface area contributed by atoms with Crippen LogP contribution in [0.25, 0.3) is 11.5 Å². The number of benzene rings is 1. The van der Waals surface area contributed by atoms with E-state index in [1.165, 1.54) is 0 Å². The molecule has 0 aliphatic heterocycles. The zero-order valence-electron chi connectivity index (χ0n) is 11.5. The van der Waals surface area contributed by atoms with Gasteiger partial charge in [0.15, 0.2) is 0 Å². The molecular formula is C14H17BrClN3O. The Morgan fingerprint density at radius 2 is 2.15 bits per heavy atom. The van der Waals surface area contributed by atoms with Gasteiger partial charge in [-0.2, -0.15) is 0 Å². The van der Waals surface area contributed by atoms with Crippen LogP contribution in [0.1, 0.15) is 26.2 Å². The fraction of sp³-hybridized carbons (Fsp3) is 0.429. The van der Waals surface area contributed by atoms with Gasteiger partial charge in [0.1, 0.15) is 0 Å². The Morgan fingerprint density at radius 3 is 2.90 bits per heavy atom. The molecule has 0 saturated carbocycles. The zero-order chi connectivity index (χ0) is 14.5. The van der Waals surface area contributed by atoms with Gasteiger partial charge in [0, 0.05) is 22.0 Å². The first kappa shape index (κ1) is 15.5. The van der Waals surface area contributed by atoms with Crippen LogP contribution in [0, 0.1) is 0 Å². The topological polar surface area (TPSA) is 51.0 Å². The average Bonchev–Trinajstić information content (AvgIpc) is 2.86. The van der Waals surface area contributed by atoms with Gasteiger partial charge in [-0.15, -0.1) is 10.2 Å². The molecule has 0 atom stereocenters. The largest absolute Gasteiger partial charge is 0.421 e. The van der Waals surface area contributed by atoms with Crippen LogP contribution in [-0.2, 0) is 6.42 Å². The minimum Gasteiger partial charge on any atom is -0.421 e. The molecule has 0 radical (unpaired) electrons. The molecule has 20 heavy (non-hydrogen) atoms. The van der Waals surface area contributed by atoms with Gasteiger partial charge in [0.05, 0.1) is 5.56 Å². The van der Waals surface area contributed by atoms with Crippen molar-refractivity contribution in [1.82, 2.24) is 15.5 Å². The van der Waals surface area contributed by atoms with Crippen molar-refractivity contribution in [1.29, 1.82) is 0 Å². The Hall–Kier alpha value is -0.910.